The Hall–Kier alpha value is -1.04. The molecule has 0 spiro atoms. The SMILES string of the molecule is CC(C)CCCC(C)C/C=C/Cc1ccccc1. The van der Waals surface area contributed by atoms with Crippen molar-refractivity contribution in [3.05, 3.63) is 48.0 Å². The molecule has 18 heavy (non-hydrogen) atoms. The molecule has 0 heteroatoms. The lowest BCUT2D eigenvalue weighted by molar-refractivity contribution is 0.460. The molecule has 0 amide bonds. The average molecular weight is 244 g/mol. The zero-order valence-corrected chi connectivity index (χ0v) is 12.2. The van der Waals surface area contributed by atoms with Gasteiger partial charge in [0.25, 0.3) is 0 Å². The first-order chi connectivity index (χ1) is 8.68. The monoisotopic (exact) mass is 244 g/mol. The largest absolute Gasteiger partial charge is 0.0879 e. The van der Waals surface area contributed by atoms with Crippen LogP contribution in [0.15, 0.2) is 42.5 Å². The van der Waals surface area contributed by atoms with Crippen LogP contribution in [0.2, 0.25) is 0 Å². The predicted octanol–water partition coefficient (Wildman–Crippen LogP) is 5.64. The molecule has 0 N–H and O–H groups in total. The Kier molecular flexibility index (Phi) is 7.48. The molecule has 0 aliphatic carbocycles. The van der Waals surface area contributed by atoms with E-state index in [0.29, 0.717) is 0 Å². The lowest BCUT2D eigenvalue weighted by Gasteiger charge is -2.09. The fourth-order valence-corrected chi connectivity index (χ4v) is 2.15. The second-order valence-electron chi connectivity index (χ2n) is 5.83. The molecule has 1 aromatic carbocycles. The Labute approximate surface area is 113 Å². The Balaban J connectivity index is 2.12. The third-order valence-electron chi connectivity index (χ3n) is 3.38. The summed E-state index contributed by atoms with van der Waals surface area (Å²) in [4.78, 5) is 0. The molecule has 100 valence electrons. The Morgan fingerprint density at radius 3 is 2.33 bits per heavy atom. The van der Waals surface area contributed by atoms with Crippen molar-refractivity contribution < 1.29 is 0 Å². The van der Waals surface area contributed by atoms with Gasteiger partial charge in [-0.2, -0.15) is 0 Å². The quantitative estimate of drug-likeness (QED) is 0.519. The summed E-state index contributed by atoms with van der Waals surface area (Å²) in [6.07, 6.45) is 11.1. The summed E-state index contributed by atoms with van der Waals surface area (Å²) in [5.74, 6) is 1.68. The standard InChI is InChI=1S/C18H28/c1-16(2)10-9-12-17(3)11-7-8-15-18-13-5-4-6-14-18/h4-8,13-14,16-17H,9-12,15H2,1-3H3/b8-7+. The topological polar surface area (TPSA) is 0 Å². The molecule has 0 aromatic heterocycles. The number of rotatable bonds is 8. The maximum atomic E-state index is 2.37. The Morgan fingerprint density at radius 1 is 0.944 bits per heavy atom. The van der Waals surface area contributed by atoms with Crippen molar-refractivity contribution in [2.45, 2.75) is 52.9 Å². The number of allylic oxidation sites excluding steroid dienone is 2. The second kappa shape index (κ2) is 8.97. The molecule has 0 radical (unpaired) electrons. The molecule has 1 unspecified atom stereocenters. The average Bonchev–Trinajstić information content (AvgIpc) is 2.35. The van der Waals surface area contributed by atoms with Crippen molar-refractivity contribution in [2.75, 3.05) is 0 Å². The van der Waals surface area contributed by atoms with Crippen molar-refractivity contribution in [1.82, 2.24) is 0 Å². The van der Waals surface area contributed by atoms with Crippen LogP contribution in [-0.4, -0.2) is 0 Å². The van der Waals surface area contributed by atoms with Crippen LogP contribution >= 0.6 is 0 Å². The molecule has 1 atom stereocenters. The lowest BCUT2D eigenvalue weighted by atomic mass is 9.97. The van der Waals surface area contributed by atoms with E-state index in [1.165, 1.54) is 31.2 Å². The molecule has 0 saturated heterocycles. The van der Waals surface area contributed by atoms with Crippen LogP contribution in [0.5, 0.6) is 0 Å². The summed E-state index contributed by atoms with van der Waals surface area (Å²) in [6.45, 7) is 6.99. The van der Waals surface area contributed by atoms with Gasteiger partial charge in [0.1, 0.15) is 0 Å². The molecule has 1 aromatic rings. The van der Waals surface area contributed by atoms with E-state index in [4.69, 9.17) is 0 Å². The minimum absolute atomic E-state index is 0.829. The Morgan fingerprint density at radius 2 is 1.67 bits per heavy atom. The van der Waals surface area contributed by atoms with Gasteiger partial charge < -0.3 is 0 Å². The van der Waals surface area contributed by atoms with Crippen molar-refractivity contribution >= 4 is 0 Å². The van der Waals surface area contributed by atoms with E-state index in [0.717, 1.165) is 18.3 Å². The van der Waals surface area contributed by atoms with Crippen molar-refractivity contribution in [2.24, 2.45) is 11.8 Å². The zero-order valence-electron chi connectivity index (χ0n) is 12.2. The fraction of sp³-hybridized carbons (Fsp3) is 0.556. The maximum absolute atomic E-state index is 2.37. The molecule has 0 heterocycles. The van der Waals surface area contributed by atoms with Gasteiger partial charge in [-0.1, -0.05) is 82.5 Å². The van der Waals surface area contributed by atoms with Crippen LogP contribution < -0.4 is 0 Å². The van der Waals surface area contributed by atoms with Crippen LogP contribution in [-0.2, 0) is 6.42 Å². The van der Waals surface area contributed by atoms with Crippen molar-refractivity contribution in [3.63, 3.8) is 0 Å². The van der Waals surface area contributed by atoms with E-state index in [1.807, 2.05) is 0 Å². The van der Waals surface area contributed by atoms with Crippen LogP contribution in [0.1, 0.15) is 52.0 Å². The smallest absolute Gasteiger partial charge is 0.00975 e. The molecular weight excluding hydrogens is 216 g/mol. The van der Waals surface area contributed by atoms with Crippen LogP contribution in [0.3, 0.4) is 0 Å². The minimum Gasteiger partial charge on any atom is -0.0879 e. The van der Waals surface area contributed by atoms with Crippen molar-refractivity contribution in [1.29, 1.82) is 0 Å². The summed E-state index contributed by atoms with van der Waals surface area (Å²) in [6, 6.07) is 10.7. The van der Waals surface area contributed by atoms with E-state index in [-0.39, 0.29) is 0 Å². The summed E-state index contributed by atoms with van der Waals surface area (Å²) >= 11 is 0. The van der Waals surface area contributed by atoms with Gasteiger partial charge in [-0.15, -0.1) is 0 Å². The van der Waals surface area contributed by atoms with Gasteiger partial charge in [-0.3, -0.25) is 0 Å². The highest BCUT2D eigenvalue weighted by atomic mass is 14.1. The molecule has 0 aliphatic heterocycles. The number of benzene rings is 1. The van der Waals surface area contributed by atoms with Crippen LogP contribution in [0.4, 0.5) is 0 Å². The zero-order chi connectivity index (χ0) is 13.2. The molecule has 0 bridgehead atoms. The van der Waals surface area contributed by atoms with Gasteiger partial charge in [0.15, 0.2) is 0 Å². The van der Waals surface area contributed by atoms with E-state index in [1.54, 1.807) is 0 Å². The molecular formula is C18H28. The minimum atomic E-state index is 0.829. The third-order valence-corrected chi connectivity index (χ3v) is 3.38. The maximum Gasteiger partial charge on any atom is -0.00975 e. The lowest BCUT2D eigenvalue weighted by Crippen LogP contribution is -1.95. The normalized spacial score (nSPS) is 13.3. The van der Waals surface area contributed by atoms with E-state index in [9.17, 15) is 0 Å². The Bertz CT molecular complexity index is 321. The fourth-order valence-electron chi connectivity index (χ4n) is 2.15. The van der Waals surface area contributed by atoms with E-state index in [2.05, 4.69) is 63.3 Å². The summed E-state index contributed by atoms with van der Waals surface area (Å²) in [7, 11) is 0. The summed E-state index contributed by atoms with van der Waals surface area (Å²) < 4.78 is 0. The highest BCUT2D eigenvalue weighted by Crippen LogP contribution is 2.15. The van der Waals surface area contributed by atoms with Gasteiger partial charge in [0, 0.05) is 0 Å². The molecule has 0 nitrogen and oxygen atoms in total. The van der Waals surface area contributed by atoms with E-state index < -0.39 is 0 Å². The summed E-state index contributed by atoms with van der Waals surface area (Å²) in [5, 5.41) is 0. The number of hydrogen-bond acceptors (Lipinski definition) is 0. The number of hydrogen-bond donors (Lipinski definition) is 0. The highest BCUT2D eigenvalue weighted by Gasteiger charge is 2.00. The first kappa shape index (κ1) is 15.0. The summed E-state index contributed by atoms with van der Waals surface area (Å²) in [5.41, 5.74) is 1.40. The van der Waals surface area contributed by atoms with Gasteiger partial charge in [-0.05, 0) is 30.2 Å². The molecule has 1 rings (SSSR count). The molecule has 0 aliphatic rings. The van der Waals surface area contributed by atoms with Crippen LogP contribution in [0.25, 0.3) is 0 Å². The molecule has 0 fully saturated rings. The van der Waals surface area contributed by atoms with Gasteiger partial charge in [0.2, 0.25) is 0 Å². The van der Waals surface area contributed by atoms with E-state index >= 15 is 0 Å². The third kappa shape index (κ3) is 7.32. The van der Waals surface area contributed by atoms with Gasteiger partial charge in [0.05, 0.1) is 0 Å². The molecule has 0 saturated carbocycles. The highest BCUT2D eigenvalue weighted by molar-refractivity contribution is 5.17. The van der Waals surface area contributed by atoms with Crippen LogP contribution in [0, 0.1) is 11.8 Å². The second-order valence-corrected chi connectivity index (χ2v) is 5.83. The first-order valence-corrected chi connectivity index (χ1v) is 7.37. The predicted molar refractivity (Wildman–Crippen MR) is 81.8 cm³/mol. The first-order valence-electron chi connectivity index (χ1n) is 7.37. The van der Waals surface area contributed by atoms with Gasteiger partial charge >= 0.3 is 0 Å². The van der Waals surface area contributed by atoms with Crippen molar-refractivity contribution in [3.8, 4) is 0 Å². The van der Waals surface area contributed by atoms with Gasteiger partial charge in [-0.25, -0.2) is 0 Å².